The second-order valence-electron chi connectivity index (χ2n) is 10.6. The smallest absolute Gasteiger partial charge is 0.309 e. The lowest BCUT2D eigenvalue weighted by atomic mass is 9.97. The zero-order chi connectivity index (χ0) is 30.0. The van der Waals surface area contributed by atoms with Crippen LogP contribution < -0.4 is 4.74 Å². The van der Waals surface area contributed by atoms with Crippen LogP contribution in [-0.4, -0.2) is 46.4 Å². The number of hydrogen-bond acceptors (Lipinski definition) is 7. The van der Waals surface area contributed by atoms with Gasteiger partial charge in [-0.15, -0.1) is 11.3 Å². The molecule has 224 valence electrons. The lowest BCUT2D eigenvalue weighted by Crippen LogP contribution is -2.40. The Morgan fingerprint density at radius 2 is 1.56 bits per heavy atom. The van der Waals surface area contributed by atoms with Crippen molar-refractivity contribution >= 4 is 23.2 Å². The van der Waals surface area contributed by atoms with Crippen LogP contribution in [0.3, 0.4) is 0 Å². The van der Waals surface area contributed by atoms with Gasteiger partial charge in [-0.2, -0.15) is 0 Å². The molecule has 4 aromatic rings. The molecule has 7 nitrogen and oxygen atoms in total. The highest BCUT2D eigenvalue weighted by atomic mass is 32.1. The van der Waals surface area contributed by atoms with E-state index in [9.17, 15) is 14.0 Å². The Morgan fingerprint density at radius 3 is 2.21 bits per heavy atom. The molecular formula is C34H36FN3O4S. The number of ether oxygens (including phenoxy) is 2. The summed E-state index contributed by atoms with van der Waals surface area (Å²) in [5.41, 5.74) is 3.63. The molecule has 0 radical (unpaired) electrons. The predicted molar refractivity (Wildman–Crippen MR) is 164 cm³/mol. The van der Waals surface area contributed by atoms with Crippen LogP contribution >= 0.6 is 11.3 Å². The number of esters is 1. The van der Waals surface area contributed by atoms with Gasteiger partial charge in [0.05, 0.1) is 19.1 Å². The first-order valence-electron chi connectivity index (χ1n) is 14.6. The summed E-state index contributed by atoms with van der Waals surface area (Å²) in [6.45, 7) is 5.46. The molecule has 1 fully saturated rings. The van der Waals surface area contributed by atoms with Crippen molar-refractivity contribution in [3.8, 4) is 5.75 Å². The maximum absolute atomic E-state index is 13.6. The number of likely N-dealkylation sites (tertiary alicyclic amines) is 1. The number of piperidine rings is 1. The van der Waals surface area contributed by atoms with Crippen LogP contribution in [0.15, 0.2) is 84.2 Å². The fraction of sp³-hybridized carbons (Fsp3) is 0.324. The summed E-state index contributed by atoms with van der Waals surface area (Å²) in [6, 6.07) is 24.6. The zero-order valence-electron chi connectivity index (χ0n) is 24.3. The van der Waals surface area contributed by atoms with E-state index >= 15 is 0 Å². The van der Waals surface area contributed by atoms with Gasteiger partial charge in [0.2, 0.25) is 0 Å². The fourth-order valence-electron chi connectivity index (χ4n) is 5.12. The number of carbonyl (C=O) groups excluding carboxylic acids is 2. The van der Waals surface area contributed by atoms with E-state index in [0.29, 0.717) is 64.5 Å². The summed E-state index contributed by atoms with van der Waals surface area (Å²) in [6.07, 6.45) is 1.20. The Bertz CT molecular complexity index is 1470. The molecule has 0 N–H and O–H groups in total. The van der Waals surface area contributed by atoms with Crippen LogP contribution in [0, 0.1) is 11.7 Å². The van der Waals surface area contributed by atoms with Crippen molar-refractivity contribution in [2.45, 2.75) is 46.0 Å². The topological polar surface area (TPSA) is 72.0 Å². The van der Waals surface area contributed by atoms with Crippen molar-refractivity contribution in [3.05, 3.63) is 117 Å². The van der Waals surface area contributed by atoms with Gasteiger partial charge >= 0.3 is 5.97 Å². The number of amides is 1. The molecule has 0 aliphatic carbocycles. The van der Waals surface area contributed by atoms with Crippen LogP contribution in [0.4, 0.5) is 4.39 Å². The van der Waals surface area contributed by atoms with E-state index in [1.165, 1.54) is 23.5 Å². The van der Waals surface area contributed by atoms with Crippen molar-refractivity contribution in [3.63, 3.8) is 0 Å². The maximum Gasteiger partial charge on any atom is 0.309 e. The lowest BCUT2D eigenvalue weighted by molar-refractivity contribution is -0.149. The number of rotatable bonds is 12. The molecular weight excluding hydrogens is 565 g/mol. The summed E-state index contributed by atoms with van der Waals surface area (Å²) in [5, 5.41) is 2.64. The van der Waals surface area contributed by atoms with Crippen molar-refractivity contribution in [1.29, 1.82) is 0 Å². The average Bonchev–Trinajstić information content (AvgIpc) is 3.50. The summed E-state index contributed by atoms with van der Waals surface area (Å²) >= 11 is 1.46. The van der Waals surface area contributed by atoms with Crippen molar-refractivity contribution in [2.75, 3.05) is 19.7 Å². The van der Waals surface area contributed by atoms with Gasteiger partial charge in [0.1, 0.15) is 28.9 Å². The van der Waals surface area contributed by atoms with E-state index in [2.05, 4.69) is 22.0 Å². The van der Waals surface area contributed by atoms with Gasteiger partial charge < -0.3 is 14.4 Å². The molecule has 0 spiro atoms. The van der Waals surface area contributed by atoms with Crippen molar-refractivity contribution < 1.29 is 23.5 Å². The van der Waals surface area contributed by atoms with Gasteiger partial charge in [0.15, 0.2) is 0 Å². The SMILES string of the molecule is CCOC(=O)C1CCN(C(=O)c2csc(CN(Cc3ccc(F)cc3)Cc3ccc(OCc4ccccc4)cc3)n2)CC1. The Balaban J connectivity index is 1.22. The molecule has 5 rings (SSSR count). The largest absolute Gasteiger partial charge is 0.489 e. The maximum atomic E-state index is 13.6. The molecule has 9 heteroatoms. The quantitative estimate of drug-likeness (QED) is 0.173. The summed E-state index contributed by atoms with van der Waals surface area (Å²) in [7, 11) is 0. The third-order valence-corrected chi connectivity index (χ3v) is 8.26. The van der Waals surface area contributed by atoms with Crippen LogP contribution in [0.25, 0.3) is 0 Å². The number of aromatic nitrogens is 1. The van der Waals surface area contributed by atoms with E-state index in [-0.39, 0.29) is 23.6 Å². The molecule has 0 unspecified atom stereocenters. The Labute approximate surface area is 255 Å². The number of carbonyl (C=O) groups is 2. The fourth-order valence-corrected chi connectivity index (χ4v) is 5.93. The monoisotopic (exact) mass is 601 g/mol. The number of thiazole rings is 1. The normalized spacial score (nSPS) is 13.7. The second-order valence-corrected chi connectivity index (χ2v) is 11.6. The first kappa shape index (κ1) is 30.4. The summed E-state index contributed by atoms with van der Waals surface area (Å²) in [5.74, 6) is 0.0874. The zero-order valence-corrected chi connectivity index (χ0v) is 25.1. The Kier molecular flexibility index (Phi) is 10.5. The van der Waals surface area contributed by atoms with Crippen LogP contribution in [0.2, 0.25) is 0 Å². The molecule has 1 aliphatic rings. The highest BCUT2D eigenvalue weighted by Gasteiger charge is 2.29. The lowest BCUT2D eigenvalue weighted by Gasteiger charge is -2.30. The highest BCUT2D eigenvalue weighted by Crippen LogP contribution is 2.23. The molecule has 1 aromatic heterocycles. The minimum atomic E-state index is -0.268. The van der Waals surface area contributed by atoms with Crippen molar-refractivity contribution in [2.24, 2.45) is 5.92 Å². The van der Waals surface area contributed by atoms with Gasteiger partial charge in [-0.1, -0.05) is 54.6 Å². The third-order valence-electron chi connectivity index (χ3n) is 7.43. The van der Waals surface area contributed by atoms with Crippen molar-refractivity contribution in [1.82, 2.24) is 14.8 Å². The number of hydrogen-bond donors (Lipinski definition) is 0. The average molecular weight is 602 g/mol. The number of benzene rings is 3. The Morgan fingerprint density at radius 1 is 0.907 bits per heavy atom. The van der Waals surface area contributed by atoms with Crippen LogP contribution in [0.1, 0.15) is 52.0 Å². The Hall–Kier alpha value is -4.08. The molecule has 0 bridgehead atoms. The minimum Gasteiger partial charge on any atom is -0.489 e. The van der Waals surface area contributed by atoms with E-state index < -0.39 is 0 Å². The number of nitrogens with zero attached hydrogens (tertiary/aromatic N) is 3. The standard InChI is InChI=1S/C34H36FN3O4S/c1-2-41-34(40)28-16-18-38(19-17-28)33(39)31-24-43-32(36-31)22-37(20-25-8-12-29(35)13-9-25)21-26-10-14-30(15-11-26)42-23-27-6-4-3-5-7-27/h3-15,24,28H,2,16-23H2,1H3. The van der Waals surface area contributed by atoms with Gasteiger partial charge in [0, 0.05) is 31.6 Å². The molecule has 3 aromatic carbocycles. The van der Waals surface area contributed by atoms with Crippen LogP contribution in [-0.2, 0) is 35.8 Å². The molecule has 43 heavy (non-hydrogen) atoms. The highest BCUT2D eigenvalue weighted by molar-refractivity contribution is 7.09. The first-order chi connectivity index (χ1) is 21.0. The van der Waals surface area contributed by atoms with Gasteiger partial charge in [0.25, 0.3) is 5.91 Å². The molecule has 0 atom stereocenters. The first-order valence-corrected chi connectivity index (χ1v) is 15.5. The van der Waals surface area contributed by atoms with Gasteiger partial charge in [-0.3, -0.25) is 14.5 Å². The molecule has 1 amide bonds. The summed E-state index contributed by atoms with van der Waals surface area (Å²) in [4.78, 5) is 33.9. The van der Waals surface area contributed by atoms with Gasteiger partial charge in [-0.05, 0) is 60.7 Å². The van der Waals surface area contributed by atoms with Crippen LogP contribution in [0.5, 0.6) is 5.75 Å². The predicted octanol–water partition coefficient (Wildman–Crippen LogP) is 6.48. The van der Waals surface area contributed by atoms with E-state index in [0.717, 1.165) is 27.4 Å². The van der Waals surface area contributed by atoms with E-state index in [1.807, 2.05) is 47.8 Å². The van der Waals surface area contributed by atoms with E-state index in [1.54, 1.807) is 24.0 Å². The third kappa shape index (κ3) is 8.72. The molecule has 1 saturated heterocycles. The minimum absolute atomic E-state index is 0.110. The number of halogens is 1. The molecule has 1 aliphatic heterocycles. The van der Waals surface area contributed by atoms with Gasteiger partial charge in [-0.25, -0.2) is 9.37 Å². The van der Waals surface area contributed by atoms with E-state index in [4.69, 9.17) is 9.47 Å². The molecule has 2 heterocycles. The molecule has 0 saturated carbocycles. The second kappa shape index (κ2) is 14.9. The summed E-state index contributed by atoms with van der Waals surface area (Å²) < 4.78 is 24.6.